The summed E-state index contributed by atoms with van der Waals surface area (Å²) in [5.74, 6) is 0.880. The van der Waals surface area contributed by atoms with E-state index in [0.29, 0.717) is 24.5 Å². The van der Waals surface area contributed by atoms with Crippen LogP contribution in [-0.2, 0) is 9.53 Å². The van der Waals surface area contributed by atoms with E-state index in [1.54, 1.807) is 0 Å². The van der Waals surface area contributed by atoms with Gasteiger partial charge in [-0.25, -0.2) is 0 Å². The Labute approximate surface area is 151 Å². The van der Waals surface area contributed by atoms with Gasteiger partial charge in [0.25, 0.3) is 0 Å². The second-order valence-electron chi connectivity index (χ2n) is 7.60. The third kappa shape index (κ3) is 4.21. The van der Waals surface area contributed by atoms with Crippen molar-refractivity contribution in [2.24, 2.45) is 11.8 Å². The second-order valence-corrected chi connectivity index (χ2v) is 7.60. The Bertz CT molecular complexity index is 565. The number of ether oxygens (including phenoxy) is 1. The van der Waals surface area contributed by atoms with Crippen LogP contribution < -0.4 is 0 Å². The molecule has 0 aliphatic carbocycles. The molecule has 5 nitrogen and oxygen atoms in total. The van der Waals surface area contributed by atoms with Gasteiger partial charge in [0.2, 0.25) is 5.91 Å². The normalized spacial score (nSPS) is 30.4. The molecule has 3 rings (SSSR count). The molecule has 0 spiro atoms. The van der Waals surface area contributed by atoms with Crippen LogP contribution in [0.25, 0.3) is 0 Å². The van der Waals surface area contributed by atoms with Crippen molar-refractivity contribution in [3.05, 3.63) is 30.1 Å². The smallest absolute Gasteiger partial charge is 0.225 e. The van der Waals surface area contributed by atoms with Crippen molar-refractivity contribution in [1.82, 2.24) is 14.8 Å². The number of likely N-dealkylation sites (tertiary alicyclic amines) is 1. The maximum atomic E-state index is 12.9. The molecule has 5 heteroatoms. The van der Waals surface area contributed by atoms with Crippen molar-refractivity contribution in [3.8, 4) is 0 Å². The fraction of sp³-hybridized carbons (Fsp3) is 0.700. The maximum Gasteiger partial charge on any atom is 0.225 e. The van der Waals surface area contributed by atoms with Gasteiger partial charge in [0.05, 0.1) is 6.10 Å². The summed E-state index contributed by atoms with van der Waals surface area (Å²) in [6.45, 7) is 4.74. The number of rotatable bonds is 5. The van der Waals surface area contributed by atoms with Crippen molar-refractivity contribution in [2.45, 2.75) is 44.8 Å². The highest BCUT2D eigenvalue weighted by Gasteiger charge is 2.36. The van der Waals surface area contributed by atoms with Gasteiger partial charge in [-0.1, -0.05) is 13.0 Å². The average Bonchev–Trinajstić information content (AvgIpc) is 3.02. The lowest BCUT2D eigenvalue weighted by Crippen LogP contribution is -2.41. The van der Waals surface area contributed by atoms with E-state index in [-0.39, 0.29) is 12.0 Å². The molecule has 25 heavy (non-hydrogen) atoms. The van der Waals surface area contributed by atoms with Gasteiger partial charge in [-0.15, -0.1) is 0 Å². The summed E-state index contributed by atoms with van der Waals surface area (Å²) in [4.78, 5) is 21.6. The number of pyridine rings is 1. The molecule has 1 amide bonds. The Morgan fingerprint density at radius 3 is 3.00 bits per heavy atom. The lowest BCUT2D eigenvalue weighted by atomic mass is 9.91. The van der Waals surface area contributed by atoms with Crippen molar-refractivity contribution in [3.63, 3.8) is 0 Å². The Kier molecular flexibility index (Phi) is 6.07. The number of nitrogens with zero attached hydrogens (tertiary/aromatic N) is 3. The van der Waals surface area contributed by atoms with Crippen LogP contribution in [0.4, 0.5) is 0 Å². The molecule has 2 saturated heterocycles. The first-order valence-corrected chi connectivity index (χ1v) is 9.56. The summed E-state index contributed by atoms with van der Waals surface area (Å²) < 4.78 is 5.73. The lowest BCUT2D eigenvalue weighted by molar-refractivity contribution is -0.140. The molecule has 2 aliphatic heterocycles. The van der Waals surface area contributed by atoms with Crippen LogP contribution in [0, 0.1) is 11.8 Å². The van der Waals surface area contributed by atoms with Gasteiger partial charge in [0.1, 0.15) is 0 Å². The minimum Gasteiger partial charge on any atom is -0.378 e. The third-order valence-electron chi connectivity index (χ3n) is 5.86. The zero-order chi connectivity index (χ0) is 17.8. The van der Waals surface area contributed by atoms with Gasteiger partial charge in [0.15, 0.2) is 0 Å². The summed E-state index contributed by atoms with van der Waals surface area (Å²) in [7, 11) is 4.14. The predicted octanol–water partition coefficient (Wildman–Crippen LogP) is 2.74. The zero-order valence-electron chi connectivity index (χ0n) is 15.7. The molecule has 4 atom stereocenters. The SMILES string of the molecule is CC[C@@H]1C[C@H](C(=O)N(C)C[C@@H]2CCN(C)[C@H]2c2cccnc2)CCO1. The van der Waals surface area contributed by atoms with Gasteiger partial charge in [-0.2, -0.15) is 0 Å². The van der Waals surface area contributed by atoms with Crippen molar-refractivity contribution in [1.29, 1.82) is 0 Å². The van der Waals surface area contributed by atoms with Crippen molar-refractivity contribution < 1.29 is 9.53 Å². The van der Waals surface area contributed by atoms with Crippen LogP contribution in [-0.4, -0.2) is 60.6 Å². The van der Waals surface area contributed by atoms with Gasteiger partial charge in [0, 0.05) is 44.6 Å². The quantitative estimate of drug-likeness (QED) is 0.823. The molecule has 0 N–H and O–H groups in total. The Balaban J connectivity index is 1.63. The molecule has 1 aromatic rings. The van der Waals surface area contributed by atoms with E-state index in [1.165, 1.54) is 5.56 Å². The van der Waals surface area contributed by atoms with Crippen LogP contribution in [0.1, 0.15) is 44.2 Å². The number of carbonyl (C=O) groups is 1. The first-order valence-electron chi connectivity index (χ1n) is 9.56. The van der Waals surface area contributed by atoms with Gasteiger partial charge in [-0.05, 0) is 56.8 Å². The molecule has 2 aliphatic rings. The van der Waals surface area contributed by atoms with Gasteiger partial charge < -0.3 is 9.64 Å². The monoisotopic (exact) mass is 345 g/mol. The van der Waals surface area contributed by atoms with E-state index in [4.69, 9.17) is 4.74 Å². The summed E-state index contributed by atoms with van der Waals surface area (Å²) in [5.41, 5.74) is 1.26. The molecule has 0 bridgehead atoms. The minimum absolute atomic E-state index is 0.125. The van der Waals surface area contributed by atoms with Crippen LogP contribution >= 0.6 is 0 Å². The molecule has 0 unspecified atom stereocenters. The largest absolute Gasteiger partial charge is 0.378 e. The number of amides is 1. The number of hydrogen-bond donors (Lipinski definition) is 0. The van der Waals surface area contributed by atoms with Crippen LogP contribution in [0.2, 0.25) is 0 Å². The van der Waals surface area contributed by atoms with E-state index in [9.17, 15) is 4.79 Å². The summed E-state index contributed by atoms with van der Waals surface area (Å²) in [6, 6.07) is 4.50. The van der Waals surface area contributed by atoms with E-state index >= 15 is 0 Å². The highest BCUT2D eigenvalue weighted by atomic mass is 16.5. The number of carbonyl (C=O) groups excluding carboxylic acids is 1. The number of aromatic nitrogens is 1. The van der Waals surface area contributed by atoms with E-state index < -0.39 is 0 Å². The molecule has 0 radical (unpaired) electrons. The fourth-order valence-corrected chi connectivity index (χ4v) is 4.44. The summed E-state index contributed by atoms with van der Waals surface area (Å²) >= 11 is 0. The van der Waals surface area contributed by atoms with E-state index in [0.717, 1.165) is 38.8 Å². The zero-order valence-corrected chi connectivity index (χ0v) is 15.7. The summed E-state index contributed by atoms with van der Waals surface area (Å²) in [5, 5.41) is 0. The molecule has 0 saturated carbocycles. The lowest BCUT2D eigenvalue weighted by Gasteiger charge is -2.33. The van der Waals surface area contributed by atoms with Gasteiger partial charge >= 0.3 is 0 Å². The molecule has 138 valence electrons. The molecular formula is C20H31N3O2. The highest BCUT2D eigenvalue weighted by Crippen LogP contribution is 2.36. The summed E-state index contributed by atoms with van der Waals surface area (Å²) in [6.07, 6.45) is 7.87. The first-order chi connectivity index (χ1) is 12.1. The number of hydrogen-bond acceptors (Lipinski definition) is 4. The molecule has 3 heterocycles. The Hall–Kier alpha value is -1.46. The van der Waals surface area contributed by atoms with Crippen molar-refractivity contribution >= 4 is 5.91 Å². The topological polar surface area (TPSA) is 45.7 Å². The molecule has 2 fully saturated rings. The van der Waals surface area contributed by atoms with Crippen LogP contribution in [0.5, 0.6) is 0 Å². The Morgan fingerprint density at radius 1 is 1.44 bits per heavy atom. The standard InChI is InChI=1S/C20H31N3O2/c1-4-18-12-15(8-11-25-18)20(24)23(3)14-17-7-10-22(2)19(17)16-6-5-9-21-13-16/h5-6,9,13,15,17-19H,4,7-8,10-12,14H2,1-3H3/t15-,17+,18-,19+/m1/s1. The van der Waals surface area contributed by atoms with Crippen LogP contribution in [0.15, 0.2) is 24.5 Å². The second kappa shape index (κ2) is 8.28. The molecular weight excluding hydrogens is 314 g/mol. The van der Waals surface area contributed by atoms with E-state index in [2.05, 4.69) is 29.9 Å². The predicted molar refractivity (Wildman–Crippen MR) is 98.1 cm³/mol. The minimum atomic E-state index is 0.125. The van der Waals surface area contributed by atoms with E-state index in [1.807, 2.05) is 30.4 Å². The van der Waals surface area contributed by atoms with Crippen LogP contribution in [0.3, 0.4) is 0 Å². The van der Waals surface area contributed by atoms with Crippen molar-refractivity contribution in [2.75, 3.05) is 33.8 Å². The average molecular weight is 345 g/mol. The molecule has 0 aromatic carbocycles. The highest BCUT2D eigenvalue weighted by molar-refractivity contribution is 5.78. The third-order valence-corrected chi connectivity index (χ3v) is 5.86. The fourth-order valence-electron chi connectivity index (χ4n) is 4.44. The van der Waals surface area contributed by atoms with Gasteiger partial charge in [-0.3, -0.25) is 14.7 Å². The maximum absolute atomic E-state index is 12.9. The molecule has 1 aromatic heterocycles. The first kappa shape index (κ1) is 18.3. The Morgan fingerprint density at radius 2 is 2.28 bits per heavy atom.